The van der Waals surface area contributed by atoms with Crippen LogP contribution in [0.1, 0.15) is 33.6 Å². The molecule has 0 atom stereocenters. The molecule has 0 spiro atoms. The normalized spacial score (nSPS) is 11.1. The molecule has 0 unspecified atom stereocenters. The second-order valence-corrected chi connectivity index (χ2v) is 8.55. The summed E-state index contributed by atoms with van der Waals surface area (Å²) >= 11 is 1.55. The summed E-state index contributed by atoms with van der Waals surface area (Å²) in [6, 6.07) is 16.4. The summed E-state index contributed by atoms with van der Waals surface area (Å²) in [5, 5.41) is 4.16. The Kier molecular flexibility index (Phi) is 7.58. The molecule has 3 aromatic rings. The predicted molar refractivity (Wildman–Crippen MR) is 130 cm³/mol. The van der Waals surface area contributed by atoms with Crippen molar-refractivity contribution >= 4 is 23.9 Å². The van der Waals surface area contributed by atoms with Crippen LogP contribution in [-0.4, -0.2) is 29.6 Å². The number of methoxy groups -OCH3 is 1. The van der Waals surface area contributed by atoms with Crippen LogP contribution in [0.3, 0.4) is 0 Å². The van der Waals surface area contributed by atoms with Crippen LogP contribution < -0.4 is 10.2 Å². The van der Waals surface area contributed by atoms with Gasteiger partial charge in [-0.2, -0.15) is 5.10 Å². The maximum atomic E-state index is 12.1. The van der Waals surface area contributed by atoms with Crippen molar-refractivity contribution in [2.45, 2.75) is 33.4 Å². The molecule has 0 radical (unpaired) electrons. The Morgan fingerprint density at radius 3 is 2.48 bits per heavy atom. The van der Waals surface area contributed by atoms with Crippen LogP contribution in [0.25, 0.3) is 5.69 Å². The number of nitrogens with one attached hydrogen (secondary N) is 1. The van der Waals surface area contributed by atoms with Crippen LogP contribution in [0, 0.1) is 27.7 Å². The SMILES string of the molecule is COc1ccc(CSCC(=O)N/N=C/c2cc(C)n(-c3ccc(C)c(C)c3)c2C)cc1. The zero-order valence-corrected chi connectivity index (χ0v) is 19.5. The van der Waals surface area contributed by atoms with Crippen LogP contribution in [0.5, 0.6) is 5.75 Å². The average Bonchev–Trinajstić information content (AvgIpc) is 3.04. The molecule has 0 aliphatic carbocycles. The number of aromatic nitrogens is 1. The van der Waals surface area contributed by atoms with Crippen molar-refractivity contribution in [3.05, 3.63) is 82.2 Å². The number of aryl methyl sites for hydroxylation is 3. The lowest BCUT2D eigenvalue weighted by Gasteiger charge is -2.11. The number of hydrazone groups is 1. The van der Waals surface area contributed by atoms with Gasteiger partial charge in [0.1, 0.15) is 5.75 Å². The second kappa shape index (κ2) is 10.4. The topological polar surface area (TPSA) is 55.6 Å². The monoisotopic (exact) mass is 435 g/mol. The van der Waals surface area contributed by atoms with E-state index in [9.17, 15) is 4.79 Å². The summed E-state index contributed by atoms with van der Waals surface area (Å²) < 4.78 is 7.37. The maximum absolute atomic E-state index is 12.1. The smallest absolute Gasteiger partial charge is 0.250 e. The van der Waals surface area contributed by atoms with Gasteiger partial charge in [0.05, 0.1) is 19.1 Å². The van der Waals surface area contributed by atoms with Gasteiger partial charge in [-0.1, -0.05) is 18.2 Å². The molecule has 1 aromatic heterocycles. The standard InChI is InChI=1S/C25H29N3O2S/c1-17-6-9-23(12-18(17)2)28-19(3)13-22(20(28)4)14-26-27-25(29)16-31-15-21-7-10-24(30-5)11-8-21/h6-14H,15-16H2,1-5H3,(H,27,29)/b26-14+. The number of thioether (sulfide) groups is 1. The van der Waals surface area contributed by atoms with Crippen LogP contribution in [0.15, 0.2) is 53.6 Å². The number of amides is 1. The minimum absolute atomic E-state index is 0.113. The first kappa shape index (κ1) is 22.7. The average molecular weight is 436 g/mol. The molecule has 0 saturated heterocycles. The third-order valence-electron chi connectivity index (χ3n) is 5.27. The molecule has 0 saturated carbocycles. The number of carbonyl (C=O) groups excluding carboxylic acids is 1. The van der Waals surface area contributed by atoms with Gasteiger partial charge in [-0.3, -0.25) is 4.79 Å². The van der Waals surface area contributed by atoms with Gasteiger partial charge in [-0.05, 0) is 74.7 Å². The molecule has 0 fully saturated rings. The van der Waals surface area contributed by atoms with Gasteiger partial charge in [0.2, 0.25) is 5.91 Å². The van der Waals surface area contributed by atoms with Crippen molar-refractivity contribution in [1.82, 2.24) is 9.99 Å². The highest BCUT2D eigenvalue weighted by atomic mass is 32.2. The van der Waals surface area contributed by atoms with E-state index in [-0.39, 0.29) is 5.91 Å². The van der Waals surface area contributed by atoms with E-state index in [4.69, 9.17) is 4.74 Å². The van der Waals surface area contributed by atoms with Crippen molar-refractivity contribution in [1.29, 1.82) is 0 Å². The summed E-state index contributed by atoms with van der Waals surface area (Å²) in [7, 11) is 1.65. The number of rotatable bonds is 8. The molecule has 0 aliphatic heterocycles. The van der Waals surface area contributed by atoms with E-state index in [1.807, 2.05) is 24.3 Å². The number of benzene rings is 2. The Morgan fingerprint density at radius 1 is 1.06 bits per heavy atom. The van der Waals surface area contributed by atoms with Crippen molar-refractivity contribution in [2.24, 2.45) is 5.10 Å². The van der Waals surface area contributed by atoms with Crippen LogP contribution >= 0.6 is 11.8 Å². The number of carbonyl (C=O) groups is 1. The van der Waals surface area contributed by atoms with Gasteiger partial charge in [0, 0.05) is 28.4 Å². The van der Waals surface area contributed by atoms with Crippen LogP contribution in [0.2, 0.25) is 0 Å². The molecule has 1 heterocycles. The first-order valence-electron chi connectivity index (χ1n) is 10.2. The fourth-order valence-corrected chi connectivity index (χ4v) is 4.15. The molecular formula is C25H29N3O2S. The van der Waals surface area contributed by atoms with E-state index in [1.165, 1.54) is 11.1 Å². The van der Waals surface area contributed by atoms with Crippen molar-refractivity contribution < 1.29 is 9.53 Å². The molecular weight excluding hydrogens is 406 g/mol. The first-order chi connectivity index (χ1) is 14.9. The summed E-state index contributed by atoms with van der Waals surface area (Å²) in [5.41, 5.74) is 10.7. The Balaban J connectivity index is 1.55. The first-order valence-corrected chi connectivity index (χ1v) is 11.3. The lowest BCUT2D eigenvalue weighted by Crippen LogP contribution is -2.19. The predicted octanol–water partition coefficient (Wildman–Crippen LogP) is 5.10. The summed E-state index contributed by atoms with van der Waals surface area (Å²) in [5.74, 6) is 1.83. The Bertz CT molecular complexity index is 1080. The fourth-order valence-electron chi connectivity index (χ4n) is 3.37. The number of ether oxygens (including phenoxy) is 1. The maximum Gasteiger partial charge on any atom is 0.250 e. The molecule has 5 nitrogen and oxygen atoms in total. The van der Waals surface area contributed by atoms with Crippen molar-refractivity contribution in [3.63, 3.8) is 0 Å². The van der Waals surface area contributed by atoms with E-state index < -0.39 is 0 Å². The zero-order chi connectivity index (χ0) is 22.4. The fraction of sp³-hybridized carbons (Fsp3) is 0.280. The Labute approximate surface area is 188 Å². The summed E-state index contributed by atoms with van der Waals surface area (Å²) in [6.07, 6.45) is 1.71. The van der Waals surface area contributed by atoms with Gasteiger partial charge in [-0.15, -0.1) is 11.8 Å². The number of nitrogens with zero attached hydrogens (tertiary/aromatic N) is 2. The van der Waals surface area contributed by atoms with E-state index >= 15 is 0 Å². The van der Waals surface area contributed by atoms with Gasteiger partial charge < -0.3 is 9.30 Å². The van der Waals surface area contributed by atoms with Gasteiger partial charge in [0.15, 0.2) is 0 Å². The minimum atomic E-state index is -0.113. The molecule has 162 valence electrons. The highest BCUT2D eigenvalue weighted by Crippen LogP contribution is 2.22. The lowest BCUT2D eigenvalue weighted by atomic mass is 10.1. The van der Waals surface area contributed by atoms with Crippen LogP contribution in [0.4, 0.5) is 0 Å². The molecule has 31 heavy (non-hydrogen) atoms. The van der Waals surface area contributed by atoms with Gasteiger partial charge in [-0.25, -0.2) is 5.43 Å². The van der Waals surface area contributed by atoms with E-state index in [1.54, 1.807) is 25.1 Å². The Hall–Kier alpha value is -2.99. The Morgan fingerprint density at radius 2 is 1.81 bits per heavy atom. The highest BCUT2D eigenvalue weighted by Gasteiger charge is 2.10. The largest absolute Gasteiger partial charge is 0.497 e. The molecule has 2 aromatic carbocycles. The molecule has 6 heteroatoms. The highest BCUT2D eigenvalue weighted by molar-refractivity contribution is 7.99. The molecule has 0 aliphatic rings. The zero-order valence-electron chi connectivity index (χ0n) is 18.7. The lowest BCUT2D eigenvalue weighted by molar-refractivity contribution is -0.118. The number of hydrogen-bond donors (Lipinski definition) is 1. The van der Waals surface area contributed by atoms with Crippen LogP contribution in [-0.2, 0) is 10.5 Å². The summed E-state index contributed by atoms with van der Waals surface area (Å²) in [4.78, 5) is 12.1. The molecule has 3 rings (SSSR count). The number of hydrogen-bond acceptors (Lipinski definition) is 4. The third kappa shape index (κ3) is 5.79. The van der Waals surface area contributed by atoms with Gasteiger partial charge >= 0.3 is 0 Å². The molecule has 0 bridgehead atoms. The second-order valence-electron chi connectivity index (χ2n) is 7.56. The van der Waals surface area contributed by atoms with E-state index in [2.05, 4.69) is 67.1 Å². The quantitative estimate of drug-likeness (QED) is 0.395. The molecule has 1 amide bonds. The van der Waals surface area contributed by atoms with Gasteiger partial charge in [0.25, 0.3) is 0 Å². The summed E-state index contributed by atoms with van der Waals surface area (Å²) in [6.45, 7) is 8.38. The van der Waals surface area contributed by atoms with E-state index in [0.717, 1.165) is 39.7 Å². The van der Waals surface area contributed by atoms with E-state index in [0.29, 0.717) is 5.75 Å². The third-order valence-corrected chi connectivity index (χ3v) is 6.28. The molecule has 1 N–H and O–H groups in total. The van der Waals surface area contributed by atoms with Crippen molar-refractivity contribution in [3.8, 4) is 11.4 Å². The minimum Gasteiger partial charge on any atom is -0.497 e. The van der Waals surface area contributed by atoms with Crippen molar-refractivity contribution in [2.75, 3.05) is 12.9 Å².